The maximum absolute atomic E-state index is 11.3. The van der Waals surface area contributed by atoms with Crippen molar-refractivity contribution in [2.75, 3.05) is 32.5 Å². The molecule has 0 spiro atoms. The number of rotatable bonds is 20. The molecule has 0 saturated carbocycles. The molecule has 168 valence electrons. The van der Waals surface area contributed by atoms with Crippen LogP contribution in [0.15, 0.2) is 0 Å². The second kappa shape index (κ2) is 21.6. The Morgan fingerprint density at radius 3 is 1.69 bits per heavy atom. The van der Waals surface area contributed by atoms with Gasteiger partial charge in [0, 0.05) is 12.3 Å². The summed E-state index contributed by atoms with van der Waals surface area (Å²) < 4.78 is 36.9. The van der Waals surface area contributed by atoms with Crippen molar-refractivity contribution in [1.29, 1.82) is 0 Å². The van der Waals surface area contributed by atoms with Gasteiger partial charge in [-0.25, -0.2) is 8.42 Å². The van der Waals surface area contributed by atoms with Gasteiger partial charge in [0.1, 0.15) is 0 Å². The van der Waals surface area contributed by atoms with E-state index in [4.69, 9.17) is 0 Å². The smallest absolute Gasteiger partial charge is 0.748 e. The molecule has 8 heteroatoms. The van der Waals surface area contributed by atoms with Gasteiger partial charge < -0.3 is 14.2 Å². The normalized spacial score (nSPS) is 11.4. The Balaban J connectivity index is 0. The van der Waals surface area contributed by atoms with Crippen LogP contribution in [-0.2, 0) is 19.6 Å². The molecule has 0 aromatic carbocycles. The molecule has 0 radical (unpaired) electrons. The van der Waals surface area contributed by atoms with Gasteiger partial charge >= 0.3 is 35.5 Å². The van der Waals surface area contributed by atoms with Gasteiger partial charge in [-0.3, -0.25) is 4.79 Å². The summed E-state index contributed by atoms with van der Waals surface area (Å²) in [4.78, 5) is 13.4. The fraction of sp³-hybridized carbons (Fsp3) is 0.952. The molecule has 6 nitrogen and oxygen atoms in total. The first kappa shape index (κ1) is 31.5. The number of carbonyl (C=O) groups is 1. The number of nitrogens with zero attached hydrogens (tertiary/aromatic N) is 1. The Morgan fingerprint density at radius 1 is 0.793 bits per heavy atom. The van der Waals surface area contributed by atoms with Crippen molar-refractivity contribution < 1.29 is 52.1 Å². The zero-order chi connectivity index (χ0) is 21.1. The van der Waals surface area contributed by atoms with E-state index in [0.29, 0.717) is 25.9 Å². The molecule has 0 saturated heterocycles. The summed E-state index contributed by atoms with van der Waals surface area (Å²) in [5, 5.41) is 0. The second-order valence-electron chi connectivity index (χ2n) is 7.67. The van der Waals surface area contributed by atoms with Gasteiger partial charge in [-0.2, -0.15) is 0 Å². The number of unbranched alkanes of at least 4 members (excludes halogenated alkanes) is 11. The molecule has 0 aromatic rings. The first-order valence-electron chi connectivity index (χ1n) is 11.1. The molecule has 29 heavy (non-hydrogen) atoms. The summed E-state index contributed by atoms with van der Waals surface area (Å²) in [6, 6.07) is 0. The molecule has 0 bridgehead atoms. The van der Waals surface area contributed by atoms with Crippen LogP contribution in [-0.4, -0.2) is 56.3 Å². The first-order valence-corrected chi connectivity index (χ1v) is 12.7. The molecular weight excluding hydrogens is 401 g/mol. The largest absolute Gasteiger partial charge is 1.00 e. The molecular formula is C21H42NNaO5S. The van der Waals surface area contributed by atoms with Crippen molar-refractivity contribution in [3.8, 4) is 0 Å². The van der Waals surface area contributed by atoms with Gasteiger partial charge in [0.15, 0.2) is 0 Å². The summed E-state index contributed by atoms with van der Waals surface area (Å²) in [5.41, 5.74) is 0. The Morgan fingerprint density at radius 2 is 1.24 bits per heavy atom. The predicted molar refractivity (Wildman–Crippen MR) is 113 cm³/mol. The zero-order valence-corrected chi connectivity index (χ0v) is 21.9. The molecule has 0 aliphatic rings. The zero-order valence-electron chi connectivity index (χ0n) is 19.1. The third-order valence-electron chi connectivity index (χ3n) is 5.06. The summed E-state index contributed by atoms with van der Waals surface area (Å²) in [6.45, 7) is 4.14. The number of esters is 1. The third kappa shape index (κ3) is 24.5. The molecule has 0 aromatic heterocycles. The van der Waals surface area contributed by atoms with E-state index in [0.717, 1.165) is 19.4 Å². The van der Waals surface area contributed by atoms with Crippen molar-refractivity contribution in [2.24, 2.45) is 0 Å². The second-order valence-corrected chi connectivity index (χ2v) is 9.20. The molecule has 0 aliphatic heterocycles. The molecule has 0 N–H and O–H groups in total. The van der Waals surface area contributed by atoms with E-state index in [1.54, 1.807) is 0 Å². The first-order chi connectivity index (χ1) is 13.4. The summed E-state index contributed by atoms with van der Waals surface area (Å²) >= 11 is 0. The quantitative estimate of drug-likeness (QED) is 0.123. The Kier molecular flexibility index (Phi) is 23.4. The summed E-state index contributed by atoms with van der Waals surface area (Å²) in [7, 11) is -2.81. The van der Waals surface area contributed by atoms with E-state index in [9.17, 15) is 17.8 Å². The Hall–Kier alpha value is 0.340. The van der Waals surface area contributed by atoms with E-state index < -0.39 is 10.1 Å². The van der Waals surface area contributed by atoms with Gasteiger partial charge in [-0.05, 0) is 25.9 Å². The van der Waals surface area contributed by atoms with E-state index in [1.165, 1.54) is 71.3 Å². The van der Waals surface area contributed by atoms with Gasteiger partial charge in [0.25, 0.3) is 0 Å². The Labute approximate surface area is 201 Å². The predicted octanol–water partition coefficient (Wildman–Crippen LogP) is 1.49. The monoisotopic (exact) mass is 443 g/mol. The van der Waals surface area contributed by atoms with Crippen molar-refractivity contribution in [1.82, 2.24) is 4.90 Å². The number of hydrogen-bond acceptors (Lipinski definition) is 6. The molecule has 0 rings (SSSR count). The average molecular weight is 444 g/mol. The van der Waals surface area contributed by atoms with Gasteiger partial charge in [-0.1, -0.05) is 77.6 Å². The fourth-order valence-corrected chi connectivity index (χ4v) is 3.81. The van der Waals surface area contributed by atoms with Crippen molar-refractivity contribution in [3.05, 3.63) is 0 Å². The molecule has 0 fully saturated rings. The fourth-order valence-electron chi connectivity index (χ4n) is 3.33. The average Bonchev–Trinajstić information content (AvgIpc) is 2.65. The number of ether oxygens (including phenoxy) is 1. The van der Waals surface area contributed by atoms with Crippen LogP contribution in [0.3, 0.4) is 0 Å². The summed E-state index contributed by atoms with van der Waals surface area (Å²) in [5.74, 6) is -0.615. The molecule has 0 heterocycles. The van der Waals surface area contributed by atoms with E-state index in [-0.39, 0.29) is 41.3 Å². The minimum Gasteiger partial charge on any atom is -0.748 e. The molecule has 0 aliphatic carbocycles. The minimum absolute atomic E-state index is 0. The number of carbonyl (C=O) groups excluding carboxylic acids is 1. The van der Waals surface area contributed by atoms with Crippen molar-refractivity contribution in [2.45, 2.75) is 96.8 Å². The van der Waals surface area contributed by atoms with Crippen LogP contribution < -0.4 is 29.6 Å². The van der Waals surface area contributed by atoms with Crippen LogP contribution >= 0.6 is 0 Å². The molecule has 0 atom stereocenters. The maximum Gasteiger partial charge on any atom is 1.00 e. The van der Waals surface area contributed by atoms with Crippen LogP contribution in [0.2, 0.25) is 0 Å². The molecule has 0 unspecified atom stereocenters. The SMILES string of the molecule is CCCCCCCCCCCCCCN(CCCS(=O)(=O)[O-])CCC(=O)OC.[Na+]. The van der Waals surface area contributed by atoms with Crippen LogP contribution in [0.25, 0.3) is 0 Å². The van der Waals surface area contributed by atoms with Crippen LogP contribution in [0.1, 0.15) is 96.8 Å². The Bertz CT molecular complexity index is 474. The van der Waals surface area contributed by atoms with E-state index in [1.807, 2.05) is 0 Å². The van der Waals surface area contributed by atoms with Crippen molar-refractivity contribution >= 4 is 16.1 Å². The topological polar surface area (TPSA) is 86.7 Å². The van der Waals surface area contributed by atoms with Gasteiger partial charge in [-0.15, -0.1) is 0 Å². The number of hydrogen-bond donors (Lipinski definition) is 0. The summed E-state index contributed by atoms with van der Waals surface area (Å²) in [6.07, 6.45) is 16.1. The maximum atomic E-state index is 11.3. The van der Waals surface area contributed by atoms with Crippen LogP contribution in [0.5, 0.6) is 0 Å². The number of methoxy groups -OCH3 is 1. The van der Waals surface area contributed by atoms with E-state index in [2.05, 4.69) is 16.6 Å². The van der Waals surface area contributed by atoms with Crippen LogP contribution in [0.4, 0.5) is 0 Å². The van der Waals surface area contributed by atoms with E-state index >= 15 is 0 Å². The van der Waals surface area contributed by atoms with Crippen LogP contribution in [0, 0.1) is 0 Å². The molecule has 0 amide bonds. The van der Waals surface area contributed by atoms with Gasteiger partial charge in [0.2, 0.25) is 0 Å². The van der Waals surface area contributed by atoms with Crippen molar-refractivity contribution in [3.63, 3.8) is 0 Å². The van der Waals surface area contributed by atoms with Gasteiger partial charge in [0.05, 0.1) is 23.6 Å². The standard InChI is InChI=1S/C21H43NO5S.Na/c1-3-4-5-6-7-8-9-10-11-12-13-14-17-22(19-16-21(23)27-2)18-15-20-28(24,25)26;/h3-20H2,1-2H3,(H,24,25,26);/q;+1/p-1. The third-order valence-corrected chi connectivity index (χ3v) is 5.85. The minimum atomic E-state index is -4.17.